The van der Waals surface area contributed by atoms with Crippen molar-refractivity contribution in [2.45, 2.75) is 24.8 Å². The normalized spacial score (nSPS) is 11.2. The van der Waals surface area contributed by atoms with Gasteiger partial charge in [-0.25, -0.2) is 13.1 Å². The number of sulfonamides is 1. The van der Waals surface area contributed by atoms with E-state index in [4.69, 9.17) is 9.15 Å². The number of nitrogens with zero attached hydrogens (tertiary/aromatic N) is 2. The zero-order valence-corrected chi connectivity index (χ0v) is 19.8. The van der Waals surface area contributed by atoms with E-state index in [1.165, 1.54) is 12.1 Å². The van der Waals surface area contributed by atoms with E-state index in [0.29, 0.717) is 23.2 Å². The highest BCUT2D eigenvalue weighted by molar-refractivity contribution is 7.89. The molecule has 0 aliphatic carbocycles. The maximum Gasteiger partial charge on any atom is 0.254 e. The van der Waals surface area contributed by atoms with Gasteiger partial charge in [0, 0.05) is 24.2 Å². The number of aromatic nitrogens is 2. The molecule has 1 heterocycles. The molecule has 1 aromatic heterocycles. The van der Waals surface area contributed by atoms with Crippen LogP contribution < -0.4 is 14.8 Å². The molecule has 0 atom stereocenters. The minimum atomic E-state index is -3.66. The monoisotopic (exact) mass is 492 g/mol. The van der Waals surface area contributed by atoms with Crippen LogP contribution in [0.25, 0.3) is 11.5 Å². The Morgan fingerprint density at radius 1 is 0.943 bits per heavy atom. The third kappa shape index (κ3) is 6.75. The molecule has 0 saturated carbocycles. The van der Waals surface area contributed by atoms with Crippen LogP contribution in [0.4, 0.5) is 5.69 Å². The van der Waals surface area contributed by atoms with Gasteiger partial charge in [-0.3, -0.25) is 4.79 Å². The highest BCUT2D eigenvalue weighted by Crippen LogP contribution is 2.20. The number of carbonyl (C=O) groups excluding carboxylic acids is 1. The Labute approximate surface area is 203 Å². The van der Waals surface area contributed by atoms with E-state index in [1.54, 1.807) is 36.4 Å². The Morgan fingerprint density at radius 3 is 2.37 bits per heavy atom. The van der Waals surface area contributed by atoms with E-state index >= 15 is 0 Å². The number of hydrogen-bond acceptors (Lipinski definition) is 7. The molecule has 10 heteroatoms. The first-order valence-electron chi connectivity index (χ1n) is 10.9. The predicted molar refractivity (Wildman–Crippen MR) is 130 cm³/mol. The average Bonchev–Trinajstić information content (AvgIpc) is 3.33. The molecule has 35 heavy (non-hydrogen) atoms. The lowest BCUT2D eigenvalue weighted by Gasteiger charge is -2.09. The van der Waals surface area contributed by atoms with Gasteiger partial charge in [0.25, 0.3) is 5.89 Å². The van der Waals surface area contributed by atoms with Crippen LogP contribution in [0.15, 0.2) is 88.2 Å². The molecule has 0 bridgehead atoms. The van der Waals surface area contributed by atoms with Gasteiger partial charge >= 0.3 is 0 Å². The fourth-order valence-electron chi connectivity index (χ4n) is 3.11. The van der Waals surface area contributed by atoms with Crippen molar-refractivity contribution in [3.8, 4) is 17.2 Å². The number of ether oxygens (including phenoxy) is 1. The summed E-state index contributed by atoms with van der Waals surface area (Å²) in [5, 5.41) is 10.7. The van der Waals surface area contributed by atoms with Crippen molar-refractivity contribution in [2.75, 3.05) is 11.9 Å². The van der Waals surface area contributed by atoms with Crippen LogP contribution in [0.5, 0.6) is 5.75 Å². The molecule has 0 fully saturated rings. The minimum absolute atomic E-state index is 0.00967. The number of aryl methyl sites for hydroxylation is 1. The summed E-state index contributed by atoms with van der Waals surface area (Å²) in [5.41, 5.74) is 2.36. The molecule has 9 nitrogen and oxygen atoms in total. The Kier molecular flexibility index (Phi) is 7.54. The second kappa shape index (κ2) is 10.9. The van der Waals surface area contributed by atoms with Crippen molar-refractivity contribution in [3.05, 3.63) is 90.3 Å². The lowest BCUT2D eigenvalue weighted by Crippen LogP contribution is -2.27. The number of nitrogens with one attached hydrogen (secondary N) is 2. The molecule has 0 aliphatic heterocycles. The summed E-state index contributed by atoms with van der Waals surface area (Å²) in [6.07, 6.45) is -0.00967. The number of anilines is 1. The molecule has 0 aliphatic rings. The topological polar surface area (TPSA) is 123 Å². The van der Waals surface area contributed by atoms with Gasteiger partial charge in [0.2, 0.25) is 21.8 Å². The van der Waals surface area contributed by atoms with E-state index < -0.39 is 10.0 Å². The molecule has 0 spiro atoms. The quantitative estimate of drug-likeness (QED) is 0.344. The SMILES string of the molecule is Cc1ccc(S(=O)(=O)NCCC(=O)Nc2ccc(OCc3nnc(-c4ccccc4)o3)cc2)cc1. The van der Waals surface area contributed by atoms with Gasteiger partial charge in [-0.1, -0.05) is 35.9 Å². The highest BCUT2D eigenvalue weighted by Gasteiger charge is 2.14. The standard InChI is InChI=1S/C25H24N4O5S/c1-18-7-13-22(14-8-18)35(31,32)26-16-15-23(30)27-20-9-11-21(12-10-20)33-17-24-28-29-25(34-24)19-5-3-2-4-6-19/h2-14,26H,15-17H2,1H3,(H,27,30). The van der Waals surface area contributed by atoms with Crippen LogP contribution in [-0.4, -0.2) is 31.1 Å². The summed E-state index contributed by atoms with van der Waals surface area (Å²) in [7, 11) is -3.66. The lowest BCUT2D eigenvalue weighted by molar-refractivity contribution is -0.116. The molecule has 3 aromatic carbocycles. The fourth-order valence-corrected chi connectivity index (χ4v) is 4.14. The van der Waals surface area contributed by atoms with E-state index in [9.17, 15) is 13.2 Å². The molecular formula is C25H24N4O5S. The first kappa shape index (κ1) is 24.1. The van der Waals surface area contributed by atoms with Gasteiger partial charge in [0.15, 0.2) is 6.61 Å². The first-order valence-corrected chi connectivity index (χ1v) is 12.3. The maximum absolute atomic E-state index is 12.3. The highest BCUT2D eigenvalue weighted by atomic mass is 32.2. The first-order chi connectivity index (χ1) is 16.9. The lowest BCUT2D eigenvalue weighted by atomic mass is 10.2. The van der Waals surface area contributed by atoms with Crippen LogP contribution in [-0.2, 0) is 21.4 Å². The smallest absolute Gasteiger partial charge is 0.254 e. The number of benzene rings is 3. The fraction of sp³-hybridized carbons (Fsp3) is 0.160. The molecule has 4 aromatic rings. The second-order valence-electron chi connectivity index (χ2n) is 7.69. The summed E-state index contributed by atoms with van der Waals surface area (Å²) >= 11 is 0. The minimum Gasteiger partial charge on any atom is -0.484 e. The summed E-state index contributed by atoms with van der Waals surface area (Å²) in [4.78, 5) is 12.4. The van der Waals surface area contributed by atoms with Crippen molar-refractivity contribution in [3.63, 3.8) is 0 Å². The van der Waals surface area contributed by atoms with Crippen molar-refractivity contribution < 1.29 is 22.4 Å². The van der Waals surface area contributed by atoms with Gasteiger partial charge < -0.3 is 14.5 Å². The largest absolute Gasteiger partial charge is 0.484 e. The summed E-state index contributed by atoms with van der Waals surface area (Å²) in [6.45, 7) is 1.97. The van der Waals surface area contributed by atoms with Crippen molar-refractivity contribution in [1.29, 1.82) is 0 Å². The predicted octanol–water partition coefficient (Wildman–Crippen LogP) is 3.93. The van der Waals surface area contributed by atoms with E-state index in [-0.39, 0.29) is 30.4 Å². The van der Waals surface area contributed by atoms with Crippen molar-refractivity contribution in [2.24, 2.45) is 0 Å². The number of carbonyl (C=O) groups is 1. The number of hydrogen-bond donors (Lipinski definition) is 2. The zero-order chi connectivity index (χ0) is 24.7. The van der Waals surface area contributed by atoms with Crippen molar-refractivity contribution >= 4 is 21.6 Å². The molecule has 0 unspecified atom stereocenters. The van der Waals surface area contributed by atoms with Gasteiger partial charge in [-0.05, 0) is 55.5 Å². The Bertz CT molecular complexity index is 1370. The molecular weight excluding hydrogens is 468 g/mol. The molecule has 2 N–H and O–H groups in total. The van der Waals surface area contributed by atoms with Gasteiger partial charge in [-0.15, -0.1) is 10.2 Å². The third-order valence-electron chi connectivity index (χ3n) is 4.96. The molecule has 1 amide bonds. The zero-order valence-electron chi connectivity index (χ0n) is 19.0. The van der Waals surface area contributed by atoms with Crippen LogP contribution in [0.2, 0.25) is 0 Å². The second-order valence-corrected chi connectivity index (χ2v) is 9.46. The Balaban J connectivity index is 1.22. The molecule has 180 valence electrons. The van der Waals surface area contributed by atoms with Gasteiger partial charge in [0.05, 0.1) is 4.90 Å². The van der Waals surface area contributed by atoms with Crippen LogP contribution in [0.3, 0.4) is 0 Å². The maximum atomic E-state index is 12.3. The van der Waals surface area contributed by atoms with E-state index in [0.717, 1.165) is 11.1 Å². The Hall–Kier alpha value is -4.02. The Morgan fingerprint density at radius 2 is 1.66 bits per heavy atom. The van der Waals surface area contributed by atoms with E-state index in [2.05, 4.69) is 20.2 Å². The molecule has 4 rings (SSSR count). The molecule has 0 radical (unpaired) electrons. The molecule has 0 saturated heterocycles. The number of amides is 1. The van der Waals surface area contributed by atoms with Gasteiger partial charge in [0.1, 0.15) is 5.75 Å². The third-order valence-corrected chi connectivity index (χ3v) is 6.44. The average molecular weight is 493 g/mol. The summed E-state index contributed by atoms with van der Waals surface area (Å²) < 4.78 is 38.3. The van der Waals surface area contributed by atoms with Crippen LogP contribution >= 0.6 is 0 Å². The van der Waals surface area contributed by atoms with Crippen LogP contribution in [0, 0.1) is 6.92 Å². The summed E-state index contributed by atoms with van der Waals surface area (Å²) in [6, 6.07) is 22.7. The summed E-state index contributed by atoms with van der Waals surface area (Å²) in [5.74, 6) is 1.01. The van der Waals surface area contributed by atoms with E-state index in [1.807, 2.05) is 37.3 Å². The van der Waals surface area contributed by atoms with Crippen LogP contribution in [0.1, 0.15) is 17.9 Å². The number of rotatable bonds is 10. The van der Waals surface area contributed by atoms with Gasteiger partial charge in [-0.2, -0.15) is 0 Å². The van der Waals surface area contributed by atoms with Crippen molar-refractivity contribution in [1.82, 2.24) is 14.9 Å².